The Morgan fingerprint density at radius 2 is 1.67 bits per heavy atom. The third-order valence-electron chi connectivity index (χ3n) is 3.38. The van der Waals surface area contributed by atoms with Gasteiger partial charge in [-0.15, -0.1) is 0 Å². The van der Waals surface area contributed by atoms with Crippen LogP contribution >= 0.6 is 47.8 Å². The molecule has 108 valence electrons. The van der Waals surface area contributed by atoms with Gasteiger partial charge in [-0.2, -0.15) is 0 Å². The summed E-state index contributed by atoms with van der Waals surface area (Å²) in [6.45, 7) is 2.06. The van der Waals surface area contributed by atoms with Crippen molar-refractivity contribution in [2.45, 2.75) is 11.8 Å². The number of fused-ring (bicyclic) bond motifs is 1. The summed E-state index contributed by atoms with van der Waals surface area (Å²) < 4.78 is 2.04. The molecule has 1 unspecified atom stereocenters. The summed E-state index contributed by atoms with van der Waals surface area (Å²) in [7, 11) is 0. The lowest BCUT2D eigenvalue weighted by Gasteiger charge is -2.14. The Balaban J connectivity index is 2.11. The lowest BCUT2D eigenvalue weighted by atomic mass is 10.0. The van der Waals surface area contributed by atoms with E-state index in [1.54, 1.807) is 0 Å². The van der Waals surface area contributed by atoms with Crippen LogP contribution in [0.1, 0.15) is 21.5 Å². The molecule has 0 fully saturated rings. The second-order valence-corrected chi connectivity index (χ2v) is 7.49. The minimum absolute atomic E-state index is 0.0430. The Morgan fingerprint density at radius 3 is 2.33 bits per heavy atom. The number of aryl methyl sites for hydroxylation is 1. The summed E-state index contributed by atoms with van der Waals surface area (Å²) in [4.78, 5) is 17.0. The molecule has 0 aliphatic carbocycles. The van der Waals surface area contributed by atoms with Crippen molar-refractivity contribution in [2.24, 2.45) is 0 Å². The van der Waals surface area contributed by atoms with Crippen molar-refractivity contribution in [3.8, 4) is 0 Å². The van der Waals surface area contributed by atoms with E-state index in [0.717, 1.165) is 31.1 Å². The highest BCUT2D eigenvalue weighted by Gasteiger charge is 2.16. The summed E-state index contributed by atoms with van der Waals surface area (Å²) in [5, 5.41) is 0. The molecule has 0 amide bonds. The Morgan fingerprint density at radius 1 is 1.00 bits per heavy atom. The molecule has 0 spiro atoms. The van der Waals surface area contributed by atoms with Crippen LogP contribution < -0.4 is 5.69 Å². The van der Waals surface area contributed by atoms with Crippen molar-refractivity contribution in [1.29, 1.82) is 0 Å². The minimum Gasteiger partial charge on any atom is -0.306 e. The SMILES string of the molecule is Cc1cc(C(Br)c2cc3[nH]c(=O)[nH]c3cc2Br)ccc1Br. The van der Waals surface area contributed by atoms with Gasteiger partial charge in [0.1, 0.15) is 0 Å². The highest BCUT2D eigenvalue weighted by atomic mass is 79.9. The van der Waals surface area contributed by atoms with Gasteiger partial charge in [-0.25, -0.2) is 4.79 Å². The van der Waals surface area contributed by atoms with E-state index in [0.29, 0.717) is 0 Å². The number of aromatic nitrogens is 2. The smallest absolute Gasteiger partial charge is 0.306 e. The first-order valence-electron chi connectivity index (χ1n) is 6.27. The van der Waals surface area contributed by atoms with Gasteiger partial charge in [-0.1, -0.05) is 59.9 Å². The number of aromatic amines is 2. The van der Waals surface area contributed by atoms with E-state index in [2.05, 4.69) is 76.8 Å². The molecule has 1 heterocycles. The van der Waals surface area contributed by atoms with E-state index >= 15 is 0 Å². The quantitative estimate of drug-likeness (QED) is 0.494. The molecule has 3 nitrogen and oxygen atoms in total. The Kier molecular flexibility index (Phi) is 4.12. The molecule has 0 saturated heterocycles. The second kappa shape index (κ2) is 5.74. The van der Waals surface area contributed by atoms with E-state index in [9.17, 15) is 4.79 Å². The zero-order valence-electron chi connectivity index (χ0n) is 11.0. The van der Waals surface area contributed by atoms with Crippen LogP contribution in [0.3, 0.4) is 0 Å². The van der Waals surface area contributed by atoms with Crippen molar-refractivity contribution in [3.63, 3.8) is 0 Å². The Labute approximate surface area is 146 Å². The highest BCUT2D eigenvalue weighted by molar-refractivity contribution is 9.11. The molecule has 0 radical (unpaired) electrons. The van der Waals surface area contributed by atoms with Gasteiger partial charge in [-0.05, 0) is 41.8 Å². The van der Waals surface area contributed by atoms with Crippen molar-refractivity contribution in [1.82, 2.24) is 9.97 Å². The third-order valence-corrected chi connectivity index (χ3v) is 5.98. The van der Waals surface area contributed by atoms with Gasteiger partial charge >= 0.3 is 5.69 Å². The molecule has 1 atom stereocenters. The fourth-order valence-electron chi connectivity index (χ4n) is 2.27. The topological polar surface area (TPSA) is 48.6 Å². The molecule has 0 saturated carbocycles. The van der Waals surface area contributed by atoms with Crippen LogP contribution in [0.5, 0.6) is 0 Å². The van der Waals surface area contributed by atoms with Crippen LogP contribution in [-0.4, -0.2) is 9.97 Å². The second-order valence-electron chi connectivity index (χ2n) is 4.87. The third kappa shape index (κ3) is 2.89. The van der Waals surface area contributed by atoms with Crippen molar-refractivity contribution in [2.75, 3.05) is 0 Å². The first-order chi connectivity index (χ1) is 9.95. The number of benzene rings is 2. The fraction of sp³-hybridized carbons (Fsp3) is 0.133. The number of hydrogen-bond donors (Lipinski definition) is 2. The predicted molar refractivity (Wildman–Crippen MR) is 96.3 cm³/mol. The summed E-state index contributed by atoms with van der Waals surface area (Å²) in [6.07, 6.45) is 0. The average molecular weight is 475 g/mol. The number of nitrogens with one attached hydrogen (secondary N) is 2. The largest absolute Gasteiger partial charge is 0.323 e. The van der Waals surface area contributed by atoms with Gasteiger partial charge in [0.2, 0.25) is 0 Å². The number of imidazole rings is 1. The van der Waals surface area contributed by atoms with Crippen LogP contribution in [0, 0.1) is 6.92 Å². The van der Waals surface area contributed by atoms with Crippen LogP contribution in [0.15, 0.2) is 44.1 Å². The van der Waals surface area contributed by atoms with Gasteiger partial charge < -0.3 is 9.97 Å². The van der Waals surface area contributed by atoms with Crippen molar-refractivity contribution < 1.29 is 0 Å². The molecule has 0 bridgehead atoms. The number of alkyl halides is 1. The predicted octanol–water partition coefficient (Wildman–Crippen LogP) is 5.17. The normalized spacial score (nSPS) is 12.8. The van der Waals surface area contributed by atoms with Gasteiger partial charge in [0.05, 0.1) is 15.9 Å². The lowest BCUT2D eigenvalue weighted by molar-refractivity contribution is 1.15. The number of H-pyrrole nitrogens is 2. The number of rotatable bonds is 2. The molecule has 3 aromatic rings. The number of halogens is 3. The van der Waals surface area contributed by atoms with Gasteiger partial charge in [-0.3, -0.25) is 0 Å². The molecule has 0 aliphatic rings. The summed E-state index contributed by atoms with van der Waals surface area (Å²) in [6, 6.07) is 10.2. The van der Waals surface area contributed by atoms with E-state index in [1.807, 2.05) is 18.2 Å². The maximum atomic E-state index is 11.4. The summed E-state index contributed by atoms with van der Waals surface area (Å²) in [5.41, 5.74) is 4.82. The summed E-state index contributed by atoms with van der Waals surface area (Å²) >= 11 is 10.8. The molecule has 2 N–H and O–H groups in total. The van der Waals surface area contributed by atoms with Crippen LogP contribution in [-0.2, 0) is 0 Å². The standard InChI is InChI=1S/C15H11Br3N2O/c1-7-4-8(2-3-10(7)16)14(18)9-5-12-13(6-11(9)17)20-15(21)19-12/h2-6,14H,1H3,(H2,19,20,21). The van der Waals surface area contributed by atoms with Crippen molar-refractivity contribution >= 4 is 58.8 Å². The highest BCUT2D eigenvalue weighted by Crippen LogP contribution is 2.37. The molecule has 0 aliphatic heterocycles. The molecule has 6 heteroatoms. The lowest BCUT2D eigenvalue weighted by Crippen LogP contribution is -1.99. The van der Waals surface area contributed by atoms with E-state index in [1.165, 1.54) is 5.56 Å². The number of hydrogen-bond acceptors (Lipinski definition) is 1. The van der Waals surface area contributed by atoms with E-state index < -0.39 is 0 Å². The first kappa shape index (κ1) is 15.1. The van der Waals surface area contributed by atoms with Gasteiger partial charge in [0.25, 0.3) is 0 Å². The average Bonchev–Trinajstić information content (AvgIpc) is 2.79. The molecular weight excluding hydrogens is 464 g/mol. The Hall–Kier alpha value is -0.850. The maximum Gasteiger partial charge on any atom is 0.323 e. The van der Waals surface area contributed by atoms with Crippen molar-refractivity contribution in [3.05, 3.63) is 66.5 Å². The first-order valence-corrected chi connectivity index (χ1v) is 8.77. The van der Waals surface area contributed by atoms with E-state index in [-0.39, 0.29) is 10.5 Å². The minimum atomic E-state index is -0.195. The van der Waals surface area contributed by atoms with Crippen LogP contribution in [0.2, 0.25) is 0 Å². The van der Waals surface area contributed by atoms with Gasteiger partial charge in [0, 0.05) is 8.95 Å². The zero-order chi connectivity index (χ0) is 15.1. The van der Waals surface area contributed by atoms with Crippen LogP contribution in [0.25, 0.3) is 11.0 Å². The molecule has 3 rings (SSSR count). The molecular formula is C15H11Br3N2O. The Bertz CT molecular complexity index is 882. The zero-order valence-corrected chi connectivity index (χ0v) is 15.8. The van der Waals surface area contributed by atoms with Gasteiger partial charge in [0.15, 0.2) is 0 Å². The molecule has 2 aromatic carbocycles. The molecule has 1 aromatic heterocycles. The van der Waals surface area contributed by atoms with E-state index in [4.69, 9.17) is 0 Å². The maximum absolute atomic E-state index is 11.4. The monoisotopic (exact) mass is 472 g/mol. The van der Waals surface area contributed by atoms with Crippen LogP contribution in [0.4, 0.5) is 0 Å². The fourth-order valence-corrected chi connectivity index (χ4v) is 4.06. The summed E-state index contributed by atoms with van der Waals surface area (Å²) in [5.74, 6) is 0. The molecule has 21 heavy (non-hydrogen) atoms.